The zero-order valence-corrected chi connectivity index (χ0v) is 11.5. The second-order valence-corrected chi connectivity index (χ2v) is 4.26. The number of nitrogens with zero attached hydrogens (tertiary/aromatic N) is 2. The third-order valence-corrected chi connectivity index (χ3v) is 2.88. The number of alkyl halides is 2. The summed E-state index contributed by atoms with van der Waals surface area (Å²) in [5.41, 5.74) is 1.23. The third-order valence-electron chi connectivity index (χ3n) is 2.42. The van der Waals surface area contributed by atoms with E-state index in [0.717, 1.165) is 5.69 Å². The van der Waals surface area contributed by atoms with E-state index in [0.29, 0.717) is 24.0 Å². The van der Waals surface area contributed by atoms with Crippen molar-refractivity contribution in [1.82, 2.24) is 0 Å². The summed E-state index contributed by atoms with van der Waals surface area (Å²) in [5.74, 6) is -0.775. The highest BCUT2D eigenvalue weighted by atomic mass is 35.5. The molecule has 0 aliphatic heterocycles. The quantitative estimate of drug-likeness (QED) is 0.380. The number of rotatable bonds is 6. The molecule has 100 valence electrons. The standard InChI is InChI=1S/C13H12Cl2N2O2/c14-5-6-17(9-15)12-3-1-10(2-4-12)7-11(8-16)13(18)19/h1-4,7H,5-6,9H2,(H,18,19)/b11-7+. The highest BCUT2D eigenvalue weighted by Crippen LogP contribution is 2.17. The lowest BCUT2D eigenvalue weighted by Gasteiger charge is -2.20. The Kier molecular flexibility index (Phi) is 6.20. The third kappa shape index (κ3) is 4.47. The van der Waals surface area contributed by atoms with Crippen molar-refractivity contribution in [1.29, 1.82) is 5.26 Å². The number of benzene rings is 1. The van der Waals surface area contributed by atoms with Crippen LogP contribution in [-0.2, 0) is 4.79 Å². The lowest BCUT2D eigenvalue weighted by molar-refractivity contribution is -0.132. The summed E-state index contributed by atoms with van der Waals surface area (Å²) in [5, 5.41) is 17.4. The van der Waals surface area contributed by atoms with Gasteiger partial charge in [-0.2, -0.15) is 5.26 Å². The molecule has 0 aliphatic carbocycles. The molecule has 0 atom stereocenters. The van der Waals surface area contributed by atoms with E-state index in [9.17, 15) is 4.79 Å². The summed E-state index contributed by atoms with van der Waals surface area (Å²) in [6.45, 7) is 0.624. The topological polar surface area (TPSA) is 64.3 Å². The van der Waals surface area contributed by atoms with E-state index in [-0.39, 0.29) is 5.57 Å². The normalized spacial score (nSPS) is 10.9. The lowest BCUT2D eigenvalue weighted by Crippen LogP contribution is -2.23. The summed E-state index contributed by atoms with van der Waals surface area (Å²) < 4.78 is 0. The Morgan fingerprint density at radius 3 is 2.42 bits per heavy atom. The van der Waals surface area contributed by atoms with Crippen molar-refractivity contribution in [2.24, 2.45) is 0 Å². The molecule has 0 aromatic heterocycles. The van der Waals surface area contributed by atoms with Crippen LogP contribution in [0.5, 0.6) is 0 Å². The van der Waals surface area contributed by atoms with Gasteiger partial charge in [0.15, 0.2) is 0 Å². The van der Waals surface area contributed by atoms with Gasteiger partial charge in [-0.3, -0.25) is 0 Å². The molecule has 1 aromatic rings. The first-order chi connectivity index (χ1) is 9.12. The van der Waals surface area contributed by atoms with Gasteiger partial charge in [-0.15, -0.1) is 23.2 Å². The summed E-state index contributed by atoms with van der Waals surface area (Å²) in [6.07, 6.45) is 1.32. The monoisotopic (exact) mass is 298 g/mol. The Bertz CT molecular complexity index is 506. The summed E-state index contributed by atoms with van der Waals surface area (Å²) in [6, 6.07) is 9.01. The predicted octanol–water partition coefficient (Wildman–Crippen LogP) is 2.92. The molecule has 1 aromatic carbocycles. The van der Waals surface area contributed by atoms with E-state index in [2.05, 4.69) is 0 Å². The van der Waals surface area contributed by atoms with Gasteiger partial charge in [-0.25, -0.2) is 4.79 Å². The number of carbonyl (C=O) groups is 1. The highest BCUT2D eigenvalue weighted by molar-refractivity contribution is 6.20. The number of hydrogen-bond acceptors (Lipinski definition) is 3. The van der Waals surface area contributed by atoms with E-state index < -0.39 is 5.97 Å². The van der Waals surface area contributed by atoms with Gasteiger partial charge in [-0.05, 0) is 23.8 Å². The first-order valence-electron chi connectivity index (χ1n) is 5.44. The maximum atomic E-state index is 10.7. The van der Waals surface area contributed by atoms with Crippen molar-refractivity contribution < 1.29 is 9.90 Å². The van der Waals surface area contributed by atoms with Crippen molar-refractivity contribution in [2.75, 3.05) is 23.3 Å². The Labute approximate surface area is 121 Å². The molecular weight excluding hydrogens is 287 g/mol. The first kappa shape index (κ1) is 15.4. The Hall–Kier alpha value is -1.70. The number of nitriles is 1. The first-order valence-corrected chi connectivity index (χ1v) is 6.51. The predicted molar refractivity (Wildman–Crippen MR) is 76.5 cm³/mol. The number of aliphatic carboxylic acids is 1. The van der Waals surface area contributed by atoms with E-state index >= 15 is 0 Å². The number of hydrogen-bond donors (Lipinski definition) is 1. The number of carboxylic acid groups (broad SMARTS) is 1. The molecule has 1 N–H and O–H groups in total. The maximum absolute atomic E-state index is 10.7. The molecule has 0 radical (unpaired) electrons. The van der Waals surface area contributed by atoms with E-state index in [4.69, 9.17) is 33.6 Å². The van der Waals surface area contributed by atoms with E-state index in [1.165, 1.54) is 6.08 Å². The maximum Gasteiger partial charge on any atom is 0.346 e. The molecule has 0 saturated carbocycles. The fourth-order valence-electron chi connectivity index (χ4n) is 1.45. The molecule has 0 bridgehead atoms. The molecule has 0 spiro atoms. The molecule has 1 rings (SSSR count). The molecule has 0 heterocycles. The van der Waals surface area contributed by atoms with Crippen molar-refractivity contribution in [3.63, 3.8) is 0 Å². The second-order valence-electron chi connectivity index (χ2n) is 3.64. The van der Waals surface area contributed by atoms with Crippen LogP contribution in [0.2, 0.25) is 0 Å². The minimum atomic E-state index is -1.24. The Balaban J connectivity index is 2.93. The van der Waals surface area contributed by atoms with Crippen molar-refractivity contribution in [3.8, 4) is 6.07 Å². The largest absolute Gasteiger partial charge is 0.477 e. The second kappa shape index (κ2) is 7.67. The number of anilines is 1. The van der Waals surface area contributed by atoms with Crippen molar-refractivity contribution in [2.45, 2.75) is 0 Å². The molecule has 0 unspecified atom stereocenters. The van der Waals surface area contributed by atoms with Gasteiger partial charge in [0.05, 0.1) is 6.00 Å². The van der Waals surface area contributed by atoms with Crippen LogP contribution >= 0.6 is 23.2 Å². The Morgan fingerprint density at radius 1 is 1.37 bits per heavy atom. The van der Waals surface area contributed by atoms with E-state index in [1.54, 1.807) is 30.3 Å². The van der Waals surface area contributed by atoms with Gasteiger partial charge in [0.2, 0.25) is 0 Å². The van der Waals surface area contributed by atoms with Gasteiger partial charge in [0.25, 0.3) is 0 Å². The fourth-order valence-corrected chi connectivity index (χ4v) is 1.91. The van der Waals surface area contributed by atoms with Crippen LogP contribution in [0, 0.1) is 11.3 Å². The molecule has 0 fully saturated rings. The van der Waals surface area contributed by atoms with Crippen LogP contribution in [0.25, 0.3) is 6.08 Å². The van der Waals surface area contributed by atoms with E-state index in [1.807, 2.05) is 4.90 Å². The number of carboxylic acids is 1. The van der Waals surface area contributed by atoms with Crippen LogP contribution in [-0.4, -0.2) is 29.5 Å². The van der Waals surface area contributed by atoms with Gasteiger partial charge in [0.1, 0.15) is 11.6 Å². The van der Waals surface area contributed by atoms with Gasteiger partial charge < -0.3 is 10.0 Å². The van der Waals surface area contributed by atoms with Crippen LogP contribution < -0.4 is 4.90 Å². The SMILES string of the molecule is N#C/C(=C\c1ccc(N(CCl)CCCl)cc1)C(=O)O. The van der Waals surface area contributed by atoms with Crippen LogP contribution in [0.3, 0.4) is 0 Å². The molecule has 0 amide bonds. The van der Waals surface area contributed by atoms with Crippen LogP contribution in [0.15, 0.2) is 29.8 Å². The molecule has 19 heavy (non-hydrogen) atoms. The molecule has 0 aliphatic rings. The van der Waals surface area contributed by atoms with Gasteiger partial charge >= 0.3 is 5.97 Å². The average Bonchev–Trinajstić information content (AvgIpc) is 2.42. The van der Waals surface area contributed by atoms with Gasteiger partial charge in [0, 0.05) is 18.1 Å². The summed E-state index contributed by atoms with van der Waals surface area (Å²) in [7, 11) is 0. The minimum absolute atomic E-state index is 0.303. The summed E-state index contributed by atoms with van der Waals surface area (Å²) >= 11 is 11.5. The zero-order valence-electron chi connectivity index (χ0n) is 10.0. The summed E-state index contributed by atoms with van der Waals surface area (Å²) in [4.78, 5) is 12.6. The molecule has 0 saturated heterocycles. The lowest BCUT2D eigenvalue weighted by atomic mass is 10.1. The molecule has 6 heteroatoms. The molecular formula is C13H12Cl2N2O2. The Morgan fingerprint density at radius 2 is 2.00 bits per heavy atom. The van der Waals surface area contributed by atoms with Crippen molar-refractivity contribution in [3.05, 3.63) is 35.4 Å². The average molecular weight is 299 g/mol. The van der Waals surface area contributed by atoms with Crippen molar-refractivity contribution >= 4 is 40.9 Å². The van der Waals surface area contributed by atoms with Crippen LogP contribution in [0.1, 0.15) is 5.56 Å². The number of halogens is 2. The smallest absolute Gasteiger partial charge is 0.346 e. The molecule has 4 nitrogen and oxygen atoms in total. The highest BCUT2D eigenvalue weighted by Gasteiger charge is 2.07. The van der Waals surface area contributed by atoms with Crippen LogP contribution in [0.4, 0.5) is 5.69 Å². The van der Waals surface area contributed by atoms with Gasteiger partial charge in [-0.1, -0.05) is 12.1 Å². The zero-order chi connectivity index (χ0) is 14.3. The minimum Gasteiger partial charge on any atom is -0.477 e. The fraction of sp³-hybridized carbons (Fsp3) is 0.231.